The quantitative estimate of drug-likeness (QED) is 0.636. The van der Waals surface area contributed by atoms with Gasteiger partial charge in [-0.3, -0.25) is 9.69 Å². The lowest BCUT2D eigenvalue weighted by atomic mass is 10.1. The molecule has 2 aliphatic rings. The van der Waals surface area contributed by atoms with Gasteiger partial charge in [-0.25, -0.2) is 0 Å². The Morgan fingerprint density at radius 1 is 1.33 bits per heavy atom. The van der Waals surface area contributed by atoms with Crippen molar-refractivity contribution < 1.29 is 14.3 Å². The van der Waals surface area contributed by atoms with Crippen LogP contribution in [-0.4, -0.2) is 49.8 Å². The molecule has 4 heteroatoms. The second-order valence-electron chi connectivity index (χ2n) is 4.26. The van der Waals surface area contributed by atoms with Gasteiger partial charge in [-0.2, -0.15) is 0 Å². The number of ether oxygens (including phenoxy) is 2. The molecule has 2 heterocycles. The van der Waals surface area contributed by atoms with Gasteiger partial charge >= 0.3 is 5.97 Å². The summed E-state index contributed by atoms with van der Waals surface area (Å²) in [5, 5.41) is 0. The first-order valence-electron chi connectivity index (χ1n) is 5.74. The van der Waals surface area contributed by atoms with Gasteiger partial charge in [0, 0.05) is 19.3 Å². The summed E-state index contributed by atoms with van der Waals surface area (Å²) in [4.78, 5) is 13.9. The lowest BCUT2D eigenvalue weighted by molar-refractivity contribution is -0.147. The molecule has 0 spiro atoms. The third kappa shape index (κ3) is 2.32. The molecule has 0 saturated carbocycles. The first-order valence-corrected chi connectivity index (χ1v) is 5.74. The molecule has 0 bridgehead atoms. The minimum absolute atomic E-state index is 0.00176. The maximum absolute atomic E-state index is 11.6. The molecule has 0 aromatic carbocycles. The van der Waals surface area contributed by atoms with Crippen LogP contribution in [0.1, 0.15) is 25.7 Å². The summed E-state index contributed by atoms with van der Waals surface area (Å²) >= 11 is 0. The standard InChI is InChI=1S/C11H19NO3/c1-14-11(13)10-3-2-6-12(10)9-4-7-15-8-5-9/h9-10H,2-8H2,1H3/t10-/m1/s1. The molecule has 4 nitrogen and oxygen atoms in total. The highest BCUT2D eigenvalue weighted by Crippen LogP contribution is 2.25. The number of carbonyl (C=O) groups is 1. The van der Waals surface area contributed by atoms with Crippen molar-refractivity contribution in [2.45, 2.75) is 37.8 Å². The summed E-state index contributed by atoms with van der Waals surface area (Å²) in [5.74, 6) is -0.0704. The van der Waals surface area contributed by atoms with Gasteiger partial charge in [-0.05, 0) is 32.2 Å². The Labute approximate surface area is 90.5 Å². The molecule has 2 rings (SSSR count). The zero-order valence-corrected chi connectivity index (χ0v) is 9.28. The van der Waals surface area contributed by atoms with Gasteiger partial charge in [0.05, 0.1) is 7.11 Å². The van der Waals surface area contributed by atoms with Crippen molar-refractivity contribution in [3.8, 4) is 0 Å². The second-order valence-corrected chi connectivity index (χ2v) is 4.26. The van der Waals surface area contributed by atoms with Crippen molar-refractivity contribution in [1.29, 1.82) is 0 Å². The summed E-state index contributed by atoms with van der Waals surface area (Å²) in [6.45, 7) is 2.69. The lowest BCUT2D eigenvalue weighted by Gasteiger charge is -2.34. The zero-order chi connectivity index (χ0) is 10.7. The van der Waals surface area contributed by atoms with Crippen molar-refractivity contribution in [3.05, 3.63) is 0 Å². The maximum Gasteiger partial charge on any atom is 0.323 e. The van der Waals surface area contributed by atoms with Gasteiger partial charge in [-0.1, -0.05) is 0 Å². The number of rotatable bonds is 2. The number of esters is 1. The first kappa shape index (κ1) is 10.9. The van der Waals surface area contributed by atoms with Crippen molar-refractivity contribution in [2.24, 2.45) is 0 Å². The predicted molar refractivity (Wildman–Crippen MR) is 55.6 cm³/mol. The van der Waals surface area contributed by atoms with E-state index in [2.05, 4.69) is 4.90 Å². The Kier molecular flexibility index (Phi) is 3.59. The van der Waals surface area contributed by atoms with Crippen LogP contribution in [0.15, 0.2) is 0 Å². The van der Waals surface area contributed by atoms with Crippen LogP contribution >= 0.6 is 0 Å². The van der Waals surface area contributed by atoms with Crippen LogP contribution in [0.2, 0.25) is 0 Å². The minimum Gasteiger partial charge on any atom is -0.468 e. The molecule has 0 radical (unpaired) electrons. The average Bonchev–Trinajstić information content (AvgIpc) is 2.78. The van der Waals surface area contributed by atoms with E-state index in [0.717, 1.165) is 45.4 Å². The first-order chi connectivity index (χ1) is 7.33. The van der Waals surface area contributed by atoms with E-state index in [4.69, 9.17) is 9.47 Å². The molecule has 0 aromatic heterocycles. The Morgan fingerprint density at radius 2 is 2.07 bits per heavy atom. The van der Waals surface area contributed by atoms with E-state index in [9.17, 15) is 4.79 Å². The van der Waals surface area contributed by atoms with Crippen LogP contribution in [0.3, 0.4) is 0 Å². The zero-order valence-electron chi connectivity index (χ0n) is 9.28. The summed E-state index contributed by atoms with van der Waals surface area (Å²) in [6, 6.07) is 0.517. The van der Waals surface area contributed by atoms with Crippen LogP contribution in [0.4, 0.5) is 0 Å². The fourth-order valence-electron chi connectivity index (χ4n) is 2.63. The second kappa shape index (κ2) is 4.94. The van der Waals surface area contributed by atoms with Gasteiger partial charge in [0.2, 0.25) is 0 Å². The largest absolute Gasteiger partial charge is 0.468 e. The van der Waals surface area contributed by atoms with E-state index < -0.39 is 0 Å². The van der Waals surface area contributed by atoms with Crippen molar-refractivity contribution in [2.75, 3.05) is 26.9 Å². The van der Waals surface area contributed by atoms with E-state index in [1.807, 2.05) is 0 Å². The molecular weight excluding hydrogens is 194 g/mol. The van der Waals surface area contributed by atoms with Gasteiger partial charge < -0.3 is 9.47 Å². The van der Waals surface area contributed by atoms with Crippen LogP contribution in [-0.2, 0) is 14.3 Å². The Hall–Kier alpha value is -0.610. The number of likely N-dealkylation sites (tertiary alicyclic amines) is 1. The van der Waals surface area contributed by atoms with E-state index in [0.29, 0.717) is 6.04 Å². The summed E-state index contributed by atoms with van der Waals surface area (Å²) in [7, 11) is 1.48. The summed E-state index contributed by atoms with van der Waals surface area (Å²) in [6.07, 6.45) is 4.15. The predicted octanol–water partition coefficient (Wildman–Crippen LogP) is 0.803. The monoisotopic (exact) mass is 213 g/mol. The highest BCUT2D eigenvalue weighted by atomic mass is 16.5. The molecule has 0 aromatic rings. The molecule has 2 aliphatic heterocycles. The molecule has 0 N–H and O–H groups in total. The summed E-state index contributed by atoms with van der Waals surface area (Å²) in [5.41, 5.74) is 0. The number of hydrogen-bond acceptors (Lipinski definition) is 4. The van der Waals surface area contributed by atoms with E-state index in [-0.39, 0.29) is 12.0 Å². The van der Waals surface area contributed by atoms with E-state index in [1.54, 1.807) is 0 Å². The molecule has 0 amide bonds. The molecule has 0 unspecified atom stereocenters. The number of hydrogen-bond donors (Lipinski definition) is 0. The van der Waals surface area contributed by atoms with Gasteiger partial charge in [-0.15, -0.1) is 0 Å². The highest BCUT2D eigenvalue weighted by molar-refractivity contribution is 5.76. The minimum atomic E-state index is -0.0704. The lowest BCUT2D eigenvalue weighted by Crippen LogP contribution is -2.46. The number of nitrogens with zero attached hydrogens (tertiary/aromatic N) is 1. The van der Waals surface area contributed by atoms with E-state index >= 15 is 0 Å². The number of carbonyl (C=O) groups excluding carboxylic acids is 1. The van der Waals surface area contributed by atoms with Gasteiger partial charge in [0.25, 0.3) is 0 Å². The molecule has 15 heavy (non-hydrogen) atoms. The van der Waals surface area contributed by atoms with Crippen molar-refractivity contribution >= 4 is 5.97 Å². The Morgan fingerprint density at radius 3 is 2.73 bits per heavy atom. The third-order valence-electron chi connectivity index (χ3n) is 3.43. The van der Waals surface area contributed by atoms with Crippen LogP contribution in [0.25, 0.3) is 0 Å². The van der Waals surface area contributed by atoms with Crippen LogP contribution < -0.4 is 0 Å². The normalized spacial score (nSPS) is 29.3. The molecule has 1 atom stereocenters. The summed E-state index contributed by atoms with van der Waals surface area (Å²) < 4.78 is 10.2. The average molecular weight is 213 g/mol. The topological polar surface area (TPSA) is 38.8 Å². The van der Waals surface area contributed by atoms with Crippen molar-refractivity contribution in [1.82, 2.24) is 4.90 Å². The van der Waals surface area contributed by atoms with Gasteiger partial charge in [0.1, 0.15) is 6.04 Å². The molecule has 2 saturated heterocycles. The van der Waals surface area contributed by atoms with E-state index in [1.165, 1.54) is 7.11 Å². The van der Waals surface area contributed by atoms with Crippen LogP contribution in [0, 0.1) is 0 Å². The maximum atomic E-state index is 11.6. The van der Waals surface area contributed by atoms with Crippen molar-refractivity contribution in [3.63, 3.8) is 0 Å². The smallest absolute Gasteiger partial charge is 0.323 e. The molecular formula is C11H19NO3. The Balaban J connectivity index is 1.97. The van der Waals surface area contributed by atoms with Gasteiger partial charge in [0.15, 0.2) is 0 Å². The fraction of sp³-hybridized carbons (Fsp3) is 0.909. The molecule has 2 fully saturated rings. The molecule has 0 aliphatic carbocycles. The SMILES string of the molecule is COC(=O)[C@H]1CCCN1C1CCOCC1. The Bertz CT molecular complexity index is 226. The number of methoxy groups -OCH3 is 1. The third-order valence-corrected chi connectivity index (χ3v) is 3.43. The highest BCUT2D eigenvalue weighted by Gasteiger charge is 2.36. The molecule has 86 valence electrons. The fourth-order valence-corrected chi connectivity index (χ4v) is 2.63. The van der Waals surface area contributed by atoms with Crippen LogP contribution in [0.5, 0.6) is 0 Å².